The van der Waals surface area contributed by atoms with Crippen molar-refractivity contribution >= 4 is 34.1 Å². The van der Waals surface area contributed by atoms with Crippen molar-refractivity contribution in [3.63, 3.8) is 0 Å². The Morgan fingerprint density at radius 1 is 1.40 bits per heavy atom. The van der Waals surface area contributed by atoms with Gasteiger partial charge < -0.3 is 5.73 Å². The fraction of sp³-hybridized carbons (Fsp3) is 0.222. The highest BCUT2D eigenvalue weighted by Crippen LogP contribution is 2.37. The molecule has 2 N–H and O–H groups in total. The predicted octanol–water partition coefficient (Wildman–Crippen LogP) is 3.09. The van der Waals surface area contributed by atoms with Gasteiger partial charge in [-0.05, 0) is 41.6 Å². The number of nitrogens with two attached hydrogens (primary N) is 1. The second kappa shape index (κ2) is 3.99. The van der Waals surface area contributed by atoms with E-state index in [1.54, 1.807) is 0 Å². The number of alkyl halides is 3. The molecule has 15 heavy (non-hydrogen) atoms. The van der Waals surface area contributed by atoms with Crippen molar-refractivity contribution in [2.75, 3.05) is 5.73 Å². The fourth-order valence-corrected chi connectivity index (χ4v) is 2.01. The Balaban J connectivity index is 3.60. The van der Waals surface area contributed by atoms with E-state index in [-0.39, 0.29) is 9.26 Å². The van der Waals surface area contributed by atoms with Crippen LogP contribution in [-0.4, -0.2) is 5.78 Å². The van der Waals surface area contributed by atoms with Gasteiger partial charge in [0.1, 0.15) is 0 Å². The summed E-state index contributed by atoms with van der Waals surface area (Å²) in [6, 6.07) is 2.54. The van der Waals surface area contributed by atoms with Gasteiger partial charge >= 0.3 is 6.18 Å². The van der Waals surface area contributed by atoms with Gasteiger partial charge in [-0.1, -0.05) is 0 Å². The summed E-state index contributed by atoms with van der Waals surface area (Å²) in [6.07, 6.45) is -4.56. The molecule has 0 amide bonds. The SMILES string of the molecule is CC(=O)c1c(N)ccc(I)c1C(F)(F)F. The average molecular weight is 329 g/mol. The molecule has 82 valence electrons. The van der Waals surface area contributed by atoms with E-state index in [9.17, 15) is 18.0 Å². The number of halogens is 4. The number of benzene rings is 1. The Kier molecular flexibility index (Phi) is 3.27. The molecule has 1 aromatic rings. The zero-order valence-electron chi connectivity index (χ0n) is 7.65. The largest absolute Gasteiger partial charge is 0.418 e. The standard InChI is InChI=1S/C9H7F3INO/c1-4(15)7-6(14)3-2-5(13)8(7)9(10,11)12/h2-3H,14H2,1H3. The highest BCUT2D eigenvalue weighted by Gasteiger charge is 2.37. The van der Waals surface area contributed by atoms with Crippen LogP contribution in [0, 0.1) is 3.57 Å². The van der Waals surface area contributed by atoms with Crippen LogP contribution in [0.4, 0.5) is 18.9 Å². The lowest BCUT2D eigenvalue weighted by Crippen LogP contribution is -2.16. The van der Waals surface area contributed by atoms with Crippen molar-refractivity contribution in [3.8, 4) is 0 Å². The summed E-state index contributed by atoms with van der Waals surface area (Å²) in [4.78, 5) is 11.1. The van der Waals surface area contributed by atoms with Crippen LogP contribution in [0.5, 0.6) is 0 Å². The van der Waals surface area contributed by atoms with E-state index in [0.717, 1.165) is 6.92 Å². The van der Waals surface area contributed by atoms with Gasteiger partial charge in [0, 0.05) is 9.26 Å². The van der Waals surface area contributed by atoms with Crippen LogP contribution in [-0.2, 0) is 6.18 Å². The first-order valence-corrected chi connectivity index (χ1v) is 4.99. The zero-order valence-corrected chi connectivity index (χ0v) is 9.81. The lowest BCUT2D eigenvalue weighted by molar-refractivity contribution is -0.138. The third-order valence-electron chi connectivity index (χ3n) is 1.82. The number of nitrogen functional groups attached to an aromatic ring is 1. The van der Waals surface area contributed by atoms with E-state index in [2.05, 4.69) is 0 Å². The summed E-state index contributed by atoms with van der Waals surface area (Å²) in [5.74, 6) is -0.682. The van der Waals surface area contributed by atoms with E-state index >= 15 is 0 Å². The minimum atomic E-state index is -4.56. The van der Waals surface area contributed by atoms with E-state index in [4.69, 9.17) is 5.73 Å². The third-order valence-corrected chi connectivity index (χ3v) is 2.72. The molecular weight excluding hydrogens is 322 g/mol. The molecule has 6 heteroatoms. The molecule has 0 radical (unpaired) electrons. The maximum atomic E-state index is 12.6. The number of carbonyl (C=O) groups excluding carboxylic acids is 1. The van der Waals surface area contributed by atoms with Gasteiger partial charge in [0.2, 0.25) is 0 Å². The number of hydrogen-bond acceptors (Lipinski definition) is 2. The van der Waals surface area contributed by atoms with Gasteiger partial charge in [-0.25, -0.2) is 0 Å². The van der Waals surface area contributed by atoms with Crippen molar-refractivity contribution in [3.05, 3.63) is 26.8 Å². The van der Waals surface area contributed by atoms with Crippen molar-refractivity contribution in [2.24, 2.45) is 0 Å². The number of carbonyl (C=O) groups is 1. The zero-order chi connectivity index (χ0) is 11.8. The molecule has 1 aromatic carbocycles. The molecule has 0 heterocycles. The monoisotopic (exact) mass is 329 g/mol. The summed E-state index contributed by atoms with van der Waals surface area (Å²) in [7, 11) is 0. The molecule has 0 atom stereocenters. The predicted molar refractivity (Wildman–Crippen MR) is 58.6 cm³/mol. The molecule has 0 aliphatic carbocycles. The van der Waals surface area contributed by atoms with Gasteiger partial charge in [0.05, 0.1) is 11.1 Å². The lowest BCUT2D eigenvalue weighted by Gasteiger charge is -2.14. The van der Waals surface area contributed by atoms with Gasteiger partial charge in [0.15, 0.2) is 5.78 Å². The molecular formula is C9H7F3INO. The number of ketones is 1. The number of anilines is 1. The summed E-state index contributed by atoms with van der Waals surface area (Å²) >= 11 is 1.53. The molecule has 0 aromatic heterocycles. The molecule has 0 spiro atoms. The van der Waals surface area contributed by atoms with Crippen LogP contribution in [0.1, 0.15) is 22.8 Å². The molecule has 0 aliphatic heterocycles. The Bertz CT molecular complexity index is 415. The normalized spacial score (nSPS) is 11.5. The quantitative estimate of drug-likeness (QED) is 0.489. The Hall–Kier alpha value is -0.790. The van der Waals surface area contributed by atoms with E-state index in [0.29, 0.717) is 0 Å². The highest BCUT2D eigenvalue weighted by atomic mass is 127. The Morgan fingerprint density at radius 2 is 1.93 bits per heavy atom. The van der Waals surface area contributed by atoms with Crippen LogP contribution in [0.15, 0.2) is 12.1 Å². The van der Waals surface area contributed by atoms with Crippen molar-refractivity contribution in [1.82, 2.24) is 0 Å². The lowest BCUT2D eigenvalue weighted by atomic mass is 10.0. The van der Waals surface area contributed by atoms with Gasteiger partial charge in [-0.2, -0.15) is 13.2 Å². The molecule has 0 bridgehead atoms. The summed E-state index contributed by atoms with van der Waals surface area (Å²) in [5, 5.41) is 0. The Morgan fingerprint density at radius 3 is 2.27 bits per heavy atom. The average Bonchev–Trinajstić information content (AvgIpc) is 2.05. The van der Waals surface area contributed by atoms with Crippen LogP contribution in [0.3, 0.4) is 0 Å². The maximum Gasteiger partial charge on any atom is 0.418 e. The van der Waals surface area contributed by atoms with E-state index < -0.39 is 23.1 Å². The van der Waals surface area contributed by atoms with E-state index in [1.807, 2.05) is 0 Å². The Labute approximate surface area is 97.8 Å². The van der Waals surface area contributed by atoms with Gasteiger partial charge in [0.25, 0.3) is 0 Å². The number of rotatable bonds is 1. The van der Waals surface area contributed by atoms with Gasteiger partial charge in [-0.3, -0.25) is 4.79 Å². The van der Waals surface area contributed by atoms with E-state index in [1.165, 1.54) is 34.7 Å². The number of hydrogen-bond donors (Lipinski definition) is 1. The molecule has 0 aliphatic rings. The van der Waals surface area contributed by atoms with Gasteiger partial charge in [-0.15, -0.1) is 0 Å². The van der Waals surface area contributed by atoms with Crippen molar-refractivity contribution in [2.45, 2.75) is 13.1 Å². The minimum absolute atomic E-state index is 0.0282. The second-order valence-electron chi connectivity index (χ2n) is 2.94. The number of Topliss-reactive ketones (excluding diaryl/α,β-unsaturated/α-hetero) is 1. The molecule has 0 saturated carbocycles. The topological polar surface area (TPSA) is 43.1 Å². The third kappa shape index (κ3) is 2.42. The second-order valence-corrected chi connectivity index (χ2v) is 4.10. The fourth-order valence-electron chi connectivity index (χ4n) is 1.25. The summed E-state index contributed by atoms with van der Waals surface area (Å²) in [5.41, 5.74) is 3.82. The molecule has 0 unspecified atom stereocenters. The first-order chi connectivity index (χ1) is 6.75. The summed E-state index contributed by atoms with van der Waals surface area (Å²) in [6.45, 7) is 1.07. The highest BCUT2D eigenvalue weighted by molar-refractivity contribution is 14.1. The molecule has 0 saturated heterocycles. The molecule has 0 fully saturated rings. The van der Waals surface area contributed by atoms with Crippen LogP contribution >= 0.6 is 22.6 Å². The van der Waals surface area contributed by atoms with Crippen molar-refractivity contribution < 1.29 is 18.0 Å². The first kappa shape index (κ1) is 12.3. The van der Waals surface area contributed by atoms with Crippen molar-refractivity contribution in [1.29, 1.82) is 0 Å². The minimum Gasteiger partial charge on any atom is -0.398 e. The van der Waals surface area contributed by atoms with Crippen LogP contribution in [0.2, 0.25) is 0 Å². The molecule has 1 rings (SSSR count). The smallest absolute Gasteiger partial charge is 0.398 e. The molecule has 2 nitrogen and oxygen atoms in total. The first-order valence-electron chi connectivity index (χ1n) is 3.91. The van der Waals surface area contributed by atoms with Crippen LogP contribution < -0.4 is 5.73 Å². The summed E-state index contributed by atoms with van der Waals surface area (Å²) < 4.78 is 37.9. The van der Waals surface area contributed by atoms with Crippen LogP contribution in [0.25, 0.3) is 0 Å². The maximum absolute atomic E-state index is 12.6.